The predicted octanol–water partition coefficient (Wildman–Crippen LogP) is -0.0151. The van der Waals surface area contributed by atoms with Crippen molar-refractivity contribution in [1.82, 2.24) is 9.55 Å². The third kappa shape index (κ3) is 1.74. The fourth-order valence-electron chi connectivity index (χ4n) is 0.722. The third-order valence-electron chi connectivity index (χ3n) is 1.25. The third-order valence-corrected chi connectivity index (χ3v) is 1.50. The molecule has 0 aliphatic carbocycles. The van der Waals surface area contributed by atoms with Crippen LogP contribution >= 0.6 is 12.6 Å². The molecule has 0 bridgehead atoms. The van der Waals surface area contributed by atoms with Gasteiger partial charge in [0.2, 0.25) is 0 Å². The van der Waals surface area contributed by atoms with E-state index < -0.39 is 5.69 Å². The summed E-state index contributed by atoms with van der Waals surface area (Å²) in [4.78, 5) is 23.6. The highest BCUT2D eigenvalue weighted by Crippen LogP contribution is 2.02. The average molecular weight is 172 g/mol. The van der Waals surface area contributed by atoms with Gasteiger partial charge in [-0.3, -0.25) is 14.3 Å². The van der Waals surface area contributed by atoms with Crippen molar-refractivity contribution in [2.24, 2.45) is 0 Å². The molecule has 0 aliphatic heterocycles. The molecule has 0 aliphatic rings. The van der Waals surface area contributed by atoms with Gasteiger partial charge in [0.05, 0.1) is 5.37 Å². The number of hydrogen-bond donors (Lipinski definition) is 2. The summed E-state index contributed by atoms with van der Waals surface area (Å²) in [7, 11) is 0. The molecule has 0 spiro atoms. The maximum Gasteiger partial charge on any atom is 0.329 e. The summed E-state index contributed by atoms with van der Waals surface area (Å²) in [5, 5.41) is -0.223. The molecule has 1 N–H and O–H groups in total. The zero-order valence-electron chi connectivity index (χ0n) is 5.94. The van der Waals surface area contributed by atoms with Crippen LogP contribution in [0.1, 0.15) is 12.3 Å². The molecule has 0 amide bonds. The summed E-state index contributed by atoms with van der Waals surface area (Å²) >= 11 is 4.03. The molecule has 1 rings (SSSR count). The molecule has 0 aromatic carbocycles. The van der Waals surface area contributed by atoms with Crippen molar-refractivity contribution < 1.29 is 0 Å². The normalized spacial score (nSPS) is 12.9. The number of thiol groups is 1. The van der Waals surface area contributed by atoms with E-state index in [1.54, 1.807) is 6.92 Å². The topological polar surface area (TPSA) is 54.9 Å². The fourth-order valence-corrected chi connectivity index (χ4v) is 0.903. The summed E-state index contributed by atoms with van der Waals surface area (Å²) < 4.78 is 1.32. The van der Waals surface area contributed by atoms with Gasteiger partial charge in [0.1, 0.15) is 0 Å². The van der Waals surface area contributed by atoms with Crippen LogP contribution in [0.4, 0.5) is 0 Å². The lowest BCUT2D eigenvalue weighted by Gasteiger charge is -2.05. The molecule has 0 saturated heterocycles. The maximum absolute atomic E-state index is 10.9. The van der Waals surface area contributed by atoms with E-state index in [1.807, 2.05) is 0 Å². The Bertz CT molecular complexity index is 352. The van der Waals surface area contributed by atoms with Crippen molar-refractivity contribution in [3.8, 4) is 0 Å². The minimum absolute atomic E-state index is 0.223. The van der Waals surface area contributed by atoms with Crippen LogP contribution in [0.15, 0.2) is 21.9 Å². The Hall–Kier alpha value is -0.970. The predicted molar refractivity (Wildman–Crippen MR) is 45.0 cm³/mol. The molecule has 1 atom stereocenters. The highest BCUT2D eigenvalue weighted by molar-refractivity contribution is 7.80. The highest BCUT2D eigenvalue weighted by Gasteiger charge is 1.99. The second kappa shape index (κ2) is 2.96. The van der Waals surface area contributed by atoms with Crippen molar-refractivity contribution in [2.45, 2.75) is 12.3 Å². The van der Waals surface area contributed by atoms with Gasteiger partial charge in [-0.15, -0.1) is 0 Å². The van der Waals surface area contributed by atoms with Crippen LogP contribution in [0, 0.1) is 0 Å². The average Bonchev–Trinajstić information content (AvgIpc) is 1.85. The second-order valence-corrected chi connectivity index (χ2v) is 2.90. The van der Waals surface area contributed by atoms with Gasteiger partial charge in [0.25, 0.3) is 5.56 Å². The van der Waals surface area contributed by atoms with E-state index in [4.69, 9.17) is 0 Å². The first-order chi connectivity index (χ1) is 5.11. The van der Waals surface area contributed by atoms with E-state index in [1.165, 1.54) is 16.8 Å². The molecule has 0 saturated carbocycles. The number of rotatable bonds is 1. The molecule has 1 aromatic heterocycles. The Morgan fingerprint density at radius 1 is 1.64 bits per heavy atom. The van der Waals surface area contributed by atoms with Gasteiger partial charge in [0.15, 0.2) is 0 Å². The SMILES string of the molecule is CC(S)n1ccc(=O)[nH]c1=O. The van der Waals surface area contributed by atoms with E-state index in [2.05, 4.69) is 17.6 Å². The quantitative estimate of drug-likeness (QED) is 0.585. The molecular weight excluding hydrogens is 164 g/mol. The number of nitrogens with zero attached hydrogens (tertiary/aromatic N) is 1. The Labute approximate surface area is 68.3 Å². The molecule has 0 fully saturated rings. The lowest BCUT2D eigenvalue weighted by atomic mass is 10.6. The molecule has 1 aromatic rings. The van der Waals surface area contributed by atoms with Gasteiger partial charge >= 0.3 is 5.69 Å². The van der Waals surface area contributed by atoms with Gasteiger partial charge in [-0.2, -0.15) is 12.6 Å². The van der Waals surface area contributed by atoms with Gasteiger partial charge < -0.3 is 0 Å². The van der Waals surface area contributed by atoms with Crippen molar-refractivity contribution in [3.63, 3.8) is 0 Å². The Balaban J connectivity index is 3.32. The van der Waals surface area contributed by atoms with E-state index in [0.717, 1.165) is 0 Å². The molecule has 0 radical (unpaired) electrons. The Morgan fingerprint density at radius 3 is 2.73 bits per heavy atom. The zero-order chi connectivity index (χ0) is 8.43. The maximum atomic E-state index is 10.9. The lowest BCUT2D eigenvalue weighted by Crippen LogP contribution is -2.28. The van der Waals surface area contributed by atoms with E-state index in [0.29, 0.717) is 0 Å². The van der Waals surface area contributed by atoms with E-state index in [-0.39, 0.29) is 10.9 Å². The van der Waals surface area contributed by atoms with Gasteiger partial charge in [-0.25, -0.2) is 4.79 Å². The Morgan fingerprint density at radius 2 is 2.27 bits per heavy atom. The fraction of sp³-hybridized carbons (Fsp3) is 0.333. The van der Waals surface area contributed by atoms with Crippen LogP contribution in [0.5, 0.6) is 0 Å². The lowest BCUT2D eigenvalue weighted by molar-refractivity contribution is 0.680. The summed E-state index contributed by atoms with van der Waals surface area (Å²) in [6, 6.07) is 1.29. The van der Waals surface area contributed by atoms with Crippen LogP contribution in [-0.2, 0) is 0 Å². The van der Waals surface area contributed by atoms with Crippen molar-refractivity contribution in [1.29, 1.82) is 0 Å². The van der Waals surface area contributed by atoms with Crippen molar-refractivity contribution >= 4 is 12.6 Å². The number of aromatic nitrogens is 2. The minimum atomic E-state index is -0.431. The number of hydrogen-bond acceptors (Lipinski definition) is 3. The molecule has 4 nitrogen and oxygen atoms in total. The number of nitrogens with one attached hydrogen (secondary N) is 1. The monoisotopic (exact) mass is 172 g/mol. The number of aromatic amines is 1. The minimum Gasteiger partial charge on any atom is -0.289 e. The molecule has 5 heteroatoms. The smallest absolute Gasteiger partial charge is 0.289 e. The molecule has 1 unspecified atom stereocenters. The van der Waals surface area contributed by atoms with Crippen LogP contribution in [-0.4, -0.2) is 9.55 Å². The van der Waals surface area contributed by atoms with Crippen LogP contribution in [0.25, 0.3) is 0 Å². The Kier molecular flexibility index (Phi) is 2.19. The largest absolute Gasteiger partial charge is 0.329 e. The molecule has 1 heterocycles. The summed E-state index contributed by atoms with van der Waals surface area (Å²) in [6.45, 7) is 1.74. The van der Waals surface area contributed by atoms with Gasteiger partial charge in [0, 0.05) is 12.3 Å². The van der Waals surface area contributed by atoms with E-state index in [9.17, 15) is 9.59 Å². The summed E-state index contributed by atoms with van der Waals surface area (Å²) in [6.07, 6.45) is 1.42. The standard InChI is InChI=1S/C6H8N2O2S/c1-4(11)8-3-2-5(9)7-6(8)10/h2-4,11H,1H3,(H,7,9,10). The first kappa shape index (κ1) is 8.13. The molecular formula is C6H8N2O2S. The second-order valence-electron chi connectivity index (χ2n) is 2.15. The van der Waals surface area contributed by atoms with Gasteiger partial charge in [-0.1, -0.05) is 0 Å². The van der Waals surface area contributed by atoms with Crippen molar-refractivity contribution in [3.05, 3.63) is 33.1 Å². The summed E-state index contributed by atoms with van der Waals surface area (Å²) in [5.74, 6) is 0. The highest BCUT2D eigenvalue weighted by atomic mass is 32.1. The van der Waals surface area contributed by atoms with Crippen LogP contribution < -0.4 is 11.2 Å². The summed E-state index contributed by atoms with van der Waals surface area (Å²) in [5.41, 5.74) is -0.819. The van der Waals surface area contributed by atoms with Crippen LogP contribution in [0.2, 0.25) is 0 Å². The number of H-pyrrole nitrogens is 1. The molecule has 11 heavy (non-hydrogen) atoms. The van der Waals surface area contributed by atoms with Crippen LogP contribution in [0.3, 0.4) is 0 Å². The first-order valence-corrected chi connectivity index (χ1v) is 3.62. The van der Waals surface area contributed by atoms with Crippen molar-refractivity contribution in [2.75, 3.05) is 0 Å². The zero-order valence-corrected chi connectivity index (χ0v) is 6.84. The van der Waals surface area contributed by atoms with E-state index >= 15 is 0 Å². The first-order valence-electron chi connectivity index (χ1n) is 3.11. The molecule has 60 valence electrons. The van der Waals surface area contributed by atoms with Gasteiger partial charge in [-0.05, 0) is 6.92 Å².